The molecule has 0 unspecified atom stereocenters. The van der Waals surface area contributed by atoms with Gasteiger partial charge in [0.25, 0.3) is 0 Å². The molecular formula is C13H12ClN3O2. The monoisotopic (exact) mass is 277 g/mol. The van der Waals surface area contributed by atoms with E-state index in [2.05, 4.69) is 26.8 Å². The van der Waals surface area contributed by atoms with Crippen LogP contribution in [0.4, 0.5) is 0 Å². The number of hydrogen-bond donors (Lipinski definition) is 1. The van der Waals surface area contributed by atoms with E-state index in [0.29, 0.717) is 34.9 Å². The molecular weight excluding hydrogens is 266 g/mol. The van der Waals surface area contributed by atoms with Crippen molar-refractivity contribution in [3.05, 3.63) is 22.7 Å². The third kappa shape index (κ3) is 2.92. The van der Waals surface area contributed by atoms with E-state index in [-0.39, 0.29) is 11.8 Å². The second kappa shape index (κ2) is 5.83. The number of aliphatic hydroxyl groups excluding tert-OH is 1. The Kier molecular flexibility index (Phi) is 4.15. The molecule has 0 aliphatic carbocycles. The van der Waals surface area contributed by atoms with Gasteiger partial charge in [0.15, 0.2) is 0 Å². The first-order valence-electron chi connectivity index (χ1n) is 5.73. The number of pyridine rings is 1. The molecule has 2 aromatic heterocycles. The first-order chi connectivity index (χ1) is 9.15. The molecule has 6 heteroatoms. The summed E-state index contributed by atoms with van der Waals surface area (Å²) in [4.78, 5) is 12.7. The molecule has 0 saturated heterocycles. The number of aliphatic hydroxyl groups is 1. The summed E-state index contributed by atoms with van der Waals surface area (Å²) in [6, 6.07) is 1.64. The lowest BCUT2D eigenvalue weighted by molar-refractivity contribution is 0.330. The van der Waals surface area contributed by atoms with Crippen LogP contribution in [0.5, 0.6) is 5.88 Å². The molecule has 5 nitrogen and oxygen atoms in total. The average molecular weight is 278 g/mol. The number of nitrogens with zero attached hydrogens (tertiary/aromatic N) is 3. The molecule has 0 bridgehead atoms. The summed E-state index contributed by atoms with van der Waals surface area (Å²) in [6.07, 6.45) is 0. The van der Waals surface area contributed by atoms with E-state index in [1.807, 2.05) is 6.92 Å². The van der Waals surface area contributed by atoms with Crippen molar-refractivity contribution in [2.75, 3.05) is 13.2 Å². The zero-order valence-electron chi connectivity index (χ0n) is 10.6. The van der Waals surface area contributed by atoms with E-state index < -0.39 is 0 Å². The van der Waals surface area contributed by atoms with E-state index >= 15 is 0 Å². The number of ether oxygens (including phenoxy) is 1. The molecule has 0 radical (unpaired) electrons. The highest BCUT2D eigenvalue weighted by Gasteiger charge is 2.13. The summed E-state index contributed by atoms with van der Waals surface area (Å²) in [5, 5.41) is 9.69. The van der Waals surface area contributed by atoms with Crippen LogP contribution in [0.25, 0.3) is 10.9 Å². The maximum atomic E-state index is 8.79. The minimum Gasteiger partial charge on any atom is -0.477 e. The molecule has 2 heterocycles. The first kappa shape index (κ1) is 13.5. The quantitative estimate of drug-likeness (QED) is 0.669. The highest BCUT2D eigenvalue weighted by atomic mass is 35.5. The van der Waals surface area contributed by atoms with Crippen molar-refractivity contribution < 1.29 is 9.84 Å². The van der Waals surface area contributed by atoms with Crippen LogP contribution in [-0.4, -0.2) is 33.3 Å². The van der Waals surface area contributed by atoms with Gasteiger partial charge in [-0.1, -0.05) is 17.5 Å². The van der Waals surface area contributed by atoms with Crippen LogP contribution in [0.1, 0.15) is 18.4 Å². The molecule has 19 heavy (non-hydrogen) atoms. The summed E-state index contributed by atoms with van der Waals surface area (Å²) in [6.45, 7) is 3.86. The number of aromatic nitrogens is 3. The van der Waals surface area contributed by atoms with Crippen molar-refractivity contribution >= 4 is 22.5 Å². The van der Waals surface area contributed by atoms with Crippen molar-refractivity contribution in [2.45, 2.75) is 13.8 Å². The fourth-order valence-electron chi connectivity index (χ4n) is 1.66. The number of fused-ring (bicyclic) bond motifs is 1. The van der Waals surface area contributed by atoms with Gasteiger partial charge in [-0.25, -0.2) is 9.97 Å². The SMILES string of the molecule is CCOc1nc(C)nc2cc(Cl)nc(C#CCO)c12. The van der Waals surface area contributed by atoms with Crippen molar-refractivity contribution in [3.63, 3.8) is 0 Å². The predicted octanol–water partition coefficient (Wildman–Crippen LogP) is 1.73. The van der Waals surface area contributed by atoms with Gasteiger partial charge in [-0.2, -0.15) is 4.98 Å². The number of halogens is 1. The van der Waals surface area contributed by atoms with Gasteiger partial charge in [0.05, 0.1) is 17.5 Å². The Morgan fingerprint density at radius 1 is 1.37 bits per heavy atom. The van der Waals surface area contributed by atoms with Gasteiger partial charge in [0.2, 0.25) is 5.88 Å². The normalized spacial score (nSPS) is 10.1. The van der Waals surface area contributed by atoms with Crippen LogP contribution in [-0.2, 0) is 0 Å². The van der Waals surface area contributed by atoms with Crippen molar-refractivity contribution in [2.24, 2.45) is 0 Å². The molecule has 0 saturated carbocycles. The number of hydrogen-bond acceptors (Lipinski definition) is 5. The van der Waals surface area contributed by atoms with Gasteiger partial charge >= 0.3 is 0 Å². The van der Waals surface area contributed by atoms with Gasteiger partial charge in [0.1, 0.15) is 23.3 Å². The standard InChI is InChI=1S/C13H12ClN3O2/c1-3-19-13-12-9(5-4-6-18)17-11(14)7-10(12)15-8(2)16-13/h7,18H,3,6H2,1-2H3. The molecule has 0 spiro atoms. The van der Waals surface area contributed by atoms with Crippen LogP contribution in [0.15, 0.2) is 6.07 Å². The second-order valence-electron chi connectivity index (χ2n) is 3.66. The minimum absolute atomic E-state index is 0.258. The lowest BCUT2D eigenvalue weighted by Crippen LogP contribution is -2.01. The fourth-order valence-corrected chi connectivity index (χ4v) is 1.85. The van der Waals surface area contributed by atoms with Crippen LogP contribution < -0.4 is 4.74 Å². The van der Waals surface area contributed by atoms with Crippen LogP contribution >= 0.6 is 11.6 Å². The molecule has 1 N–H and O–H groups in total. The largest absolute Gasteiger partial charge is 0.477 e. The van der Waals surface area contributed by atoms with Crippen LogP contribution in [0, 0.1) is 18.8 Å². The smallest absolute Gasteiger partial charge is 0.227 e. The molecule has 2 aromatic rings. The Morgan fingerprint density at radius 3 is 2.84 bits per heavy atom. The molecule has 0 atom stereocenters. The fraction of sp³-hybridized carbons (Fsp3) is 0.308. The molecule has 0 aliphatic rings. The average Bonchev–Trinajstić information content (AvgIpc) is 2.35. The van der Waals surface area contributed by atoms with Crippen molar-refractivity contribution in [3.8, 4) is 17.7 Å². The van der Waals surface area contributed by atoms with E-state index in [9.17, 15) is 0 Å². The summed E-state index contributed by atoms with van der Waals surface area (Å²) in [7, 11) is 0. The van der Waals surface area contributed by atoms with E-state index in [4.69, 9.17) is 21.4 Å². The molecule has 0 aromatic carbocycles. The van der Waals surface area contributed by atoms with E-state index in [0.717, 1.165) is 0 Å². The van der Waals surface area contributed by atoms with Gasteiger partial charge in [-0.15, -0.1) is 0 Å². The van der Waals surface area contributed by atoms with Crippen molar-refractivity contribution in [1.82, 2.24) is 15.0 Å². The summed E-state index contributed by atoms with van der Waals surface area (Å²) in [5.74, 6) is 6.29. The third-order valence-corrected chi connectivity index (χ3v) is 2.49. The maximum Gasteiger partial charge on any atom is 0.227 e. The number of rotatable bonds is 2. The molecule has 0 fully saturated rings. The van der Waals surface area contributed by atoms with Crippen molar-refractivity contribution in [1.29, 1.82) is 0 Å². The molecule has 2 rings (SSSR count). The Morgan fingerprint density at radius 2 is 2.16 bits per heavy atom. The van der Waals surface area contributed by atoms with Gasteiger partial charge < -0.3 is 9.84 Å². The first-order valence-corrected chi connectivity index (χ1v) is 6.11. The highest BCUT2D eigenvalue weighted by molar-refractivity contribution is 6.30. The maximum absolute atomic E-state index is 8.79. The lowest BCUT2D eigenvalue weighted by Gasteiger charge is -2.08. The predicted molar refractivity (Wildman–Crippen MR) is 72.2 cm³/mol. The van der Waals surface area contributed by atoms with Crippen LogP contribution in [0.3, 0.4) is 0 Å². The van der Waals surface area contributed by atoms with E-state index in [1.54, 1.807) is 13.0 Å². The zero-order valence-corrected chi connectivity index (χ0v) is 11.3. The van der Waals surface area contributed by atoms with Gasteiger partial charge in [-0.05, 0) is 19.8 Å². The van der Waals surface area contributed by atoms with Crippen LogP contribution in [0.2, 0.25) is 5.15 Å². The van der Waals surface area contributed by atoms with Gasteiger partial charge in [0, 0.05) is 6.07 Å². The topological polar surface area (TPSA) is 68.1 Å². The third-order valence-electron chi connectivity index (χ3n) is 2.29. The summed E-state index contributed by atoms with van der Waals surface area (Å²) >= 11 is 5.94. The zero-order chi connectivity index (χ0) is 13.8. The molecule has 0 amide bonds. The second-order valence-corrected chi connectivity index (χ2v) is 4.04. The Hall–Kier alpha value is -1.90. The molecule has 98 valence electrons. The minimum atomic E-state index is -0.258. The molecule has 0 aliphatic heterocycles. The Labute approximate surface area is 115 Å². The lowest BCUT2D eigenvalue weighted by atomic mass is 10.2. The Balaban J connectivity index is 2.78. The van der Waals surface area contributed by atoms with Gasteiger partial charge in [-0.3, -0.25) is 0 Å². The summed E-state index contributed by atoms with van der Waals surface area (Å²) < 4.78 is 5.50. The van der Waals surface area contributed by atoms with E-state index in [1.165, 1.54) is 0 Å². The number of aryl methyl sites for hydroxylation is 1. The highest BCUT2D eigenvalue weighted by Crippen LogP contribution is 2.27. The Bertz CT molecular complexity index is 672. The summed E-state index contributed by atoms with van der Waals surface area (Å²) in [5.41, 5.74) is 1.03.